The number of carbonyl (C=O) groups is 1. The molecule has 2 aromatic rings. The highest BCUT2D eigenvalue weighted by Crippen LogP contribution is 2.32. The molecule has 0 aromatic heterocycles. The fraction of sp³-hybridized carbons (Fsp3) is 0.458. The average molecular weight is 445 g/mol. The van der Waals surface area contributed by atoms with Gasteiger partial charge in [0, 0.05) is 18.7 Å². The topological polar surface area (TPSA) is 75.7 Å². The van der Waals surface area contributed by atoms with Crippen molar-refractivity contribution in [3.8, 4) is 5.75 Å². The van der Waals surface area contributed by atoms with Gasteiger partial charge in [-0.25, -0.2) is 8.42 Å². The fourth-order valence-electron chi connectivity index (χ4n) is 4.02. The van der Waals surface area contributed by atoms with Gasteiger partial charge >= 0.3 is 0 Å². The number of carbonyl (C=O) groups excluding carboxylic acids is 1. The van der Waals surface area contributed by atoms with Crippen molar-refractivity contribution in [3.05, 3.63) is 58.7 Å². The number of rotatable bonds is 7. The van der Waals surface area contributed by atoms with Crippen LogP contribution in [0.3, 0.4) is 0 Å². The highest BCUT2D eigenvalue weighted by atomic mass is 32.2. The van der Waals surface area contributed by atoms with Gasteiger partial charge in [0.2, 0.25) is 10.0 Å². The van der Waals surface area contributed by atoms with Crippen LogP contribution in [0, 0.1) is 6.92 Å². The smallest absolute Gasteiger partial charge is 0.251 e. The molecule has 2 aromatic carbocycles. The first-order valence-corrected chi connectivity index (χ1v) is 12.2. The van der Waals surface area contributed by atoms with Gasteiger partial charge in [0.05, 0.1) is 18.0 Å². The third kappa shape index (κ3) is 4.93. The third-order valence-corrected chi connectivity index (χ3v) is 7.79. The summed E-state index contributed by atoms with van der Waals surface area (Å²) in [5.74, 6) is 0.908. The van der Waals surface area contributed by atoms with Crippen LogP contribution >= 0.6 is 0 Å². The van der Waals surface area contributed by atoms with Gasteiger partial charge in [0.1, 0.15) is 5.75 Å². The molecule has 31 heavy (non-hydrogen) atoms. The molecule has 0 bridgehead atoms. The Morgan fingerprint density at radius 2 is 1.65 bits per heavy atom. The maximum absolute atomic E-state index is 12.8. The van der Waals surface area contributed by atoms with E-state index in [1.54, 1.807) is 19.2 Å². The molecule has 1 atom stereocenters. The van der Waals surface area contributed by atoms with Crippen molar-refractivity contribution in [2.75, 3.05) is 20.2 Å². The zero-order valence-corrected chi connectivity index (χ0v) is 19.8. The molecule has 1 amide bonds. The van der Waals surface area contributed by atoms with Crippen LogP contribution in [0.5, 0.6) is 5.75 Å². The standard InChI is InChI=1S/C24H32N2O4S/c1-16(2)21-15-22(17(3)14-23(21)30-5)18(4)25-24(27)19-8-10-20(11-9-19)31(28,29)26-12-6-7-13-26/h8-11,14-16,18H,6-7,12-13H2,1-5H3,(H,25,27)/t18-/m1/s1. The summed E-state index contributed by atoms with van der Waals surface area (Å²) >= 11 is 0. The largest absolute Gasteiger partial charge is 0.496 e. The summed E-state index contributed by atoms with van der Waals surface area (Å²) < 4.78 is 32.4. The minimum absolute atomic E-state index is 0.205. The van der Waals surface area contributed by atoms with E-state index in [1.165, 1.54) is 16.4 Å². The van der Waals surface area contributed by atoms with Crippen LogP contribution in [0.25, 0.3) is 0 Å². The van der Waals surface area contributed by atoms with Crippen LogP contribution in [-0.2, 0) is 10.0 Å². The van der Waals surface area contributed by atoms with Gasteiger partial charge in [-0.15, -0.1) is 0 Å². The molecular formula is C24H32N2O4S. The lowest BCUT2D eigenvalue weighted by Gasteiger charge is -2.21. The van der Waals surface area contributed by atoms with Crippen LogP contribution in [0.2, 0.25) is 0 Å². The lowest BCUT2D eigenvalue weighted by atomic mass is 9.93. The van der Waals surface area contributed by atoms with Gasteiger partial charge in [-0.2, -0.15) is 4.31 Å². The van der Waals surface area contributed by atoms with E-state index in [4.69, 9.17) is 4.74 Å². The SMILES string of the molecule is COc1cc(C)c([C@@H](C)NC(=O)c2ccc(S(=O)(=O)N3CCCC3)cc2)cc1C(C)C. The monoisotopic (exact) mass is 444 g/mol. The Hall–Kier alpha value is -2.38. The third-order valence-electron chi connectivity index (χ3n) is 5.87. The zero-order valence-electron chi connectivity index (χ0n) is 18.9. The number of aryl methyl sites for hydroxylation is 1. The summed E-state index contributed by atoms with van der Waals surface area (Å²) in [7, 11) is -1.82. The van der Waals surface area contributed by atoms with E-state index in [0.29, 0.717) is 24.6 Å². The van der Waals surface area contributed by atoms with Crippen molar-refractivity contribution < 1.29 is 17.9 Å². The molecule has 0 aliphatic carbocycles. The average Bonchev–Trinajstić information content (AvgIpc) is 3.29. The Balaban J connectivity index is 1.76. The number of hydrogen-bond acceptors (Lipinski definition) is 4. The van der Waals surface area contributed by atoms with Gasteiger partial charge in [-0.05, 0) is 85.7 Å². The molecular weight excluding hydrogens is 412 g/mol. The normalized spacial score (nSPS) is 15.8. The highest BCUT2D eigenvalue weighted by molar-refractivity contribution is 7.89. The van der Waals surface area contributed by atoms with Gasteiger partial charge in [-0.1, -0.05) is 13.8 Å². The van der Waals surface area contributed by atoms with Crippen LogP contribution in [0.15, 0.2) is 41.3 Å². The minimum Gasteiger partial charge on any atom is -0.496 e. The molecule has 1 aliphatic rings. The zero-order chi connectivity index (χ0) is 22.8. The molecule has 1 saturated heterocycles. The Morgan fingerprint density at radius 3 is 2.19 bits per heavy atom. The fourth-order valence-corrected chi connectivity index (χ4v) is 5.54. The summed E-state index contributed by atoms with van der Waals surface area (Å²) in [5, 5.41) is 3.03. The first-order chi connectivity index (χ1) is 14.6. The lowest BCUT2D eigenvalue weighted by molar-refractivity contribution is 0.0939. The maximum Gasteiger partial charge on any atom is 0.251 e. The molecule has 6 nitrogen and oxygen atoms in total. The Labute approximate surface area is 185 Å². The number of ether oxygens (including phenoxy) is 1. The number of nitrogens with zero attached hydrogens (tertiary/aromatic N) is 1. The first kappa shape index (κ1) is 23.3. The van der Waals surface area contributed by atoms with Gasteiger partial charge in [-0.3, -0.25) is 4.79 Å². The summed E-state index contributed by atoms with van der Waals surface area (Å²) in [6, 6.07) is 10.1. The Morgan fingerprint density at radius 1 is 1.03 bits per heavy atom. The molecule has 1 heterocycles. The molecule has 1 fully saturated rings. The number of nitrogens with one attached hydrogen (secondary N) is 1. The molecule has 0 unspecified atom stereocenters. The van der Waals surface area contributed by atoms with Crippen LogP contribution < -0.4 is 10.1 Å². The van der Waals surface area contributed by atoms with Crippen molar-refractivity contribution in [3.63, 3.8) is 0 Å². The van der Waals surface area contributed by atoms with Crippen molar-refractivity contribution >= 4 is 15.9 Å². The van der Waals surface area contributed by atoms with Gasteiger partial charge in [0.15, 0.2) is 0 Å². The van der Waals surface area contributed by atoms with E-state index in [2.05, 4.69) is 25.2 Å². The summed E-state index contributed by atoms with van der Waals surface area (Å²) in [4.78, 5) is 13.0. The molecule has 0 radical (unpaired) electrons. The van der Waals surface area contributed by atoms with E-state index in [9.17, 15) is 13.2 Å². The van der Waals surface area contributed by atoms with E-state index in [-0.39, 0.29) is 16.8 Å². The van der Waals surface area contributed by atoms with Gasteiger partial charge < -0.3 is 10.1 Å². The number of amides is 1. The second-order valence-electron chi connectivity index (χ2n) is 8.44. The van der Waals surface area contributed by atoms with E-state index < -0.39 is 10.0 Å². The van der Waals surface area contributed by atoms with E-state index >= 15 is 0 Å². The molecule has 1 aliphatic heterocycles. The second kappa shape index (κ2) is 9.40. The predicted octanol–water partition coefficient (Wildman–Crippen LogP) is 4.40. The first-order valence-electron chi connectivity index (χ1n) is 10.7. The molecule has 7 heteroatoms. The van der Waals surface area contributed by atoms with E-state index in [1.807, 2.05) is 19.9 Å². The molecule has 0 saturated carbocycles. The lowest BCUT2D eigenvalue weighted by Crippen LogP contribution is -2.28. The Bertz CT molecular complexity index is 1040. The number of sulfonamides is 1. The highest BCUT2D eigenvalue weighted by Gasteiger charge is 2.27. The summed E-state index contributed by atoms with van der Waals surface area (Å²) in [5.41, 5.74) is 3.61. The second-order valence-corrected chi connectivity index (χ2v) is 10.4. The van der Waals surface area contributed by atoms with Crippen LogP contribution in [0.1, 0.15) is 72.6 Å². The van der Waals surface area contributed by atoms with Crippen LogP contribution in [-0.4, -0.2) is 38.8 Å². The number of hydrogen-bond donors (Lipinski definition) is 1. The van der Waals surface area contributed by atoms with Crippen LogP contribution in [0.4, 0.5) is 0 Å². The molecule has 3 rings (SSSR count). The molecule has 168 valence electrons. The molecule has 1 N–H and O–H groups in total. The minimum atomic E-state index is -3.48. The number of methoxy groups -OCH3 is 1. The van der Waals surface area contributed by atoms with Crippen molar-refractivity contribution in [1.29, 1.82) is 0 Å². The Kier molecular flexibility index (Phi) is 7.06. The quantitative estimate of drug-likeness (QED) is 0.687. The predicted molar refractivity (Wildman–Crippen MR) is 122 cm³/mol. The van der Waals surface area contributed by atoms with E-state index in [0.717, 1.165) is 35.3 Å². The van der Waals surface area contributed by atoms with Crippen molar-refractivity contribution in [2.24, 2.45) is 0 Å². The van der Waals surface area contributed by atoms with Crippen molar-refractivity contribution in [1.82, 2.24) is 9.62 Å². The summed E-state index contributed by atoms with van der Waals surface area (Å²) in [6.45, 7) is 9.28. The van der Waals surface area contributed by atoms with Crippen molar-refractivity contribution in [2.45, 2.75) is 57.4 Å². The number of benzene rings is 2. The molecule has 0 spiro atoms. The van der Waals surface area contributed by atoms with Gasteiger partial charge in [0.25, 0.3) is 5.91 Å². The maximum atomic E-state index is 12.8. The summed E-state index contributed by atoms with van der Waals surface area (Å²) in [6.07, 6.45) is 1.78.